The third-order valence-electron chi connectivity index (χ3n) is 4.10. The molecule has 0 heterocycles. The van der Waals surface area contributed by atoms with Gasteiger partial charge in [-0.25, -0.2) is 4.79 Å². The Hall–Kier alpha value is -2.20. The maximum absolute atomic E-state index is 12.6. The van der Waals surface area contributed by atoms with E-state index in [-0.39, 0.29) is 18.0 Å². The van der Waals surface area contributed by atoms with Crippen LogP contribution in [-0.2, 0) is 6.54 Å². The molecule has 2 aromatic carbocycles. The fourth-order valence-corrected chi connectivity index (χ4v) is 2.75. The minimum atomic E-state index is -0.107. The van der Waals surface area contributed by atoms with E-state index in [9.17, 15) is 4.79 Å². The van der Waals surface area contributed by atoms with E-state index in [1.54, 1.807) is 19.1 Å². The van der Waals surface area contributed by atoms with Crippen LogP contribution in [-0.4, -0.2) is 25.1 Å². The van der Waals surface area contributed by atoms with Crippen molar-refractivity contribution in [2.24, 2.45) is 5.92 Å². The van der Waals surface area contributed by atoms with E-state index >= 15 is 0 Å². The SMILES string of the molecule is COc1ccc(CN(C)C(=O)NC(c2ccc(Cl)cc2)C(C)C)cc1. The third kappa shape index (κ3) is 5.40. The van der Waals surface area contributed by atoms with Crippen LogP contribution < -0.4 is 10.1 Å². The molecule has 0 aromatic heterocycles. The number of nitrogens with one attached hydrogen (secondary N) is 1. The average Bonchev–Trinajstić information content (AvgIpc) is 2.60. The van der Waals surface area contributed by atoms with Gasteiger partial charge < -0.3 is 15.0 Å². The summed E-state index contributed by atoms with van der Waals surface area (Å²) in [5, 5.41) is 3.80. The van der Waals surface area contributed by atoms with Gasteiger partial charge in [0.05, 0.1) is 13.2 Å². The summed E-state index contributed by atoms with van der Waals surface area (Å²) < 4.78 is 5.16. The van der Waals surface area contributed by atoms with E-state index < -0.39 is 0 Å². The fraction of sp³-hybridized carbons (Fsp3) is 0.350. The number of amides is 2. The molecular formula is C20H25ClN2O2. The maximum atomic E-state index is 12.6. The van der Waals surface area contributed by atoms with Gasteiger partial charge in [-0.05, 0) is 41.3 Å². The monoisotopic (exact) mass is 360 g/mol. The topological polar surface area (TPSA) is 41.6 Å². The van der Waals surface area contributed by atoms with Gasteiger partial charge in [0, 0.05) is 18.6 Å². The molecule has 0 aliphatic carbocycles. The highest BCUT2D eigenvalue weighted by Crippen LogP contribution is 2.23. The standard InChI is InChI=1S/C20H25ClN2O2/c1-14(2)19(16-7-9-17(21)10-8-16)22-20(24)23(3)13-15-5-11-18(25-4)12-6-15/h5-12,14,19H,13H2,1-4H3,(H,22,24). The molecule has 0 aliphatic heterocycles. The molecular weight excluding hydrogens is 336 g/mol. The molecule has 5 heteroatoms. The lowest BCUT2D eigenvalue weighted by Gasteiger charge is -2.26. The van der Waals surface area contributed by atoms with Crippen molar-refractivity contribution in [3.8, 4) is 5.75 Å². The number of methoxy groups -OCH3 is 1. The molecule has 2 amide bonds. The molecule has 0 spiro atoms. The first kappa shape index (κ1) is 19.1. The number of carbonyl (C=O) groups is 1. The molecule has 1 atom stereocenters. The van der Waals surface area contributed by atoms with E-state index in [0.717, 1.165) is 16.9 Å². The summed E-state index contributed by atoms with van der Waals surface area (Å²) in [5.41, 5.74) is 2.09. The summed E-state index contributed by atoms with van der Waals surface area (Å²) in [7, 11) is 3.43. The predicted molar refractivity (Wildman–Crippen MR) is 102 cm³/mol. The molecule has 2 aromatic rings. The Labute approximate surface area is 154 Å². The second kappa shape index (κ2) is 8.77. The molecule has 0 fully saturated rings. The number of hydrogen-bond donors (Lipinski definition) is 1. The van der Waals surface area contributed by atoms with E-state index in [0.29, 0.717) is 11.6 Å². The molecule has 0 saturated carbocycles. The lowest BCUT2D eigenvalue weighted by molar-refractivity contribution is 0.199. The molecule has 0 radical (unpaired) electrons. The number of ether oxygens (including phenoxy) is 1. The highest BCUT2D eigenvalue weighted by Gasteiger charge is 2.20. The molecule has 134 valence electrons. The van der Waals surface area contributed by atoms with Gasteiger partial charge in [-0.15, -0.1) is 0 Å². The maximum Gasteiger partial charge on any atom is 0.317 e. The van der Waals surface area contributed by atoms with E-state index in [2.05, 4.69) is 19.2 Å². The summed E-state index contributed by atoms with van der Waals surface area (Å²) in [6.45, 7) is 4.70. The molecule has 25 heavy (non-hydrogen) atoms. The van der Waals surface area contributed by atoms with Gasteiger partial charge >= 0.3 is 6.03 Å². The van der Waals surface area contributed by atoms with Crippen LogP contribution >= 0.6 is 11.6 Å². The summed E-state index contributed by atoms with van der Waals surface area (Å²) in [4.78, 5) is 14.3. The van der Waals surface area contributed by atoms with E-state index in [4.69, 9.17) is 16.3 Å². The smallest absolute Gasteiger partial charge is 0.317 e. The molecule has 1 unspecified atom stereocenters. The number of halogens is 1. The molecule has 4 nitrogen and oxygen atoms in total. The van der Waals surface area contributed by atoms with Crippen molar-refractivity contribution in [2.75, 3.05) is 14.2 Å². The average molecular weight is 361 g/mol. The highest BCUT2D eigenvalue weighted by atomic mass is 35.5. The first-order valence-electron chi connectivity index (χ1n) is 8.30. The Kier molecular flexibility index (Phi) is 6.71. The minimum absolute atomic E-state index is 0.0666. The van der Waals surface area contributed by atoms with Crippen molar-refractivity contribution in [1.82, 2.24) is 10.2 Å². The first-order chi connectivity index (χ1) is 11.9. The Balaban J connectivity index is 2.02. The van der Waals surface area contributed by atoms with Crippen molar-refractivity contribution < 1.29 is 9.53 Å². The van der Waals surface area contributed by atoms with Crippen LogP contribution in [0.1, 0.15) is 31.0 Å². The second-order valence-electron chi connectivity index (χ2n) is 6.43. The van der Waals surface area contributed by atoms with Crippen LogP contribution in [0, 0.1) is 5.92 Å². The lowest BCUT2D eigenvalue weighted by Crippen LogP contribution is -2.40. The largest absolute Gasteiger partial charge is 0.497 e. The number of benzene rings is 2. The zero-order valence-electron chi connectivity index (χ0n) is 15.1. The number of rotatable bonds is 6. The van der Waals surface area contributed by atoms with Crippen LogP contribution in [0.4, 0.5) is 4.79 Å². The normalized spacial score (nSPS) is 11.9. The van der Waals surface area contributed by atoms with Crippen LogP contribution in [0.3, 0.4) is 0 Å². The lowest BCUT2D eigenvalue weighted by atomic mass is 9.96. The van der Waals surface area contributed by atoms with Crippen LogP contribution in [0.25, 0.3) is 0 Å². The Bertz CT molecular complexity index is 684. The molecule has 0 saturated heterocycles. The van der Waals surface area contributed by atoms with Gasteiger partial charge in [0.15, 0.2) is 0 Å². The Morgan fingerprint density at radius 2 is 1.72 bits per heavy atom. The summed E-state index contributed by atoms with van der Waals surface area (Å²) in [6, 6.07) is 15.1. The van der Waals surface area contributed by atoms with Gasteiger partial charge in [-0.1, -0.05) is 49.7 Å². The Morgan fingerprint density at radius 1 is 1.12 bits per heavy atom. The van der Waals surface area contributed by atoms with Gasteiger partial charge in [0.25, 0.3) is 0 Å². The minimum Gasteiger partial charge on any atom is -0.497 e. The fourth-order valence-electron chi connectivity index (χ4n) is 2.62. The van der Waals surface area contributed by atoms with E-state index in [1.165, 1.54) is 0 Å². The quantitative estimate of drug-likeness (QED) is 0.797. The van der Waals surface area contributed by atoms with Gasteiger partial charge in [0.1, 0.15) is 5.75 Å². The van der Waals surface area contributed by atoms with Crippen molar-refractivity contribution >= 4 is 17.6 Å². The molecule has 2 rings (SSSR count). The number of urea groups is 1. The zero-order valence-corrected chi connectivity index (χ0v) is 15.9. The second-order valence-corrected chi connectivity index (χ2v) is 6.86. The summed E-state index contributed by atoms with van der Waals surface area (Å²) >= 11 is 5.96. The van der Waals surface area contributed by atoms with Crippen molar-refractivity contribution in [3.63, 3.8) is 0 Å². The van der Waals surface area contributed by atoms with Crippen molar-refractivity contribution in [2.45, 2.75) is 26.4 Å². The van der Waals surface area contributed by atoms with Crippen molar-refractivity contribution in [3.05, 3.63) is 64.7 Å². The molecule has 0 bridgehead atoms. The molecule has 0 aliphatic rings. The van der Waals surface area contributed by atoms with Gasteiger partial charge in [0.2, 0.25) is 0 Å². The first-order valence-corrected chi connectivity index (χ1v) is 8.68. The number of hydrogen-bond acceptors (Lipinski definition) is 2. The number of nitrogens with zero attached hydrogens (tertiary/aromatic N) is 1. The Morgan fingerprint density at radius 3 is 2.24 bits per heavy atom. The molecule has 1 N–H and O–H groups in total. The van der Waals surface area contributed by atoms with Crippen LogP contribution in [0.15, 0.2) is 48.5 Å². The number of carbonyl (C=O) groups excluding carboxylic acids is 1. The summed E-state index contributed by atoms with van der Waals surface area (Å²) in [5.74, 6) is 1.07. The zero-order chi connectivity index (χ0) is 18.4. The van der Waals surface area contributed by atoms with Crippen LogP contribution in [0.5, 0.6) is 5.75 Å². The van der Waals surface area contributed by atoms with E-state index in [1.807, 2.05) is 48.5 Å². The van der Waals surface area contributed by atoms with Crippen LogP contribution in [0.2, 0.25) is 5.02 Å². The van der Waals surface area contributed by atoms with Gasteiger partial charge in [-0.3, -0.25) is 0 Å². The summed E-state index contributed by atoms with van der Waals surface area (Å²) in [6.07, 6.45) is 0. The van der Waals surface area contributed by atoms with Gasteiger partial charge in [-0.2, -0.15) is 0 Å². The highest BCUT2D eigenvalue weighted by molar-refractivity contribution is 6.30. The third-order valence-corrected chi connectivity index (χ3v) is 4.35. The predicted octanol–water partition coefficient (Wildman–Crippen LogP) is 4.89. The van der Waals surface area contributed by atoms with Crippen molar-refractivity contribution in [1.29, 1.82) is 0 Å².